The molecule has 0 aliphatic carbocycles. The lowest BCUT2D eigenvalue weighted by Crippen LogP contribution is -2.48. The maximum atomic E-state index is 12.4. The number of amides is 2. The number of hydrogen-bond acceptors (Lipinski definition) is 3. The molecule has 2 amide bonds. The van der Waals surface area contributed by atoms with Crippen molar-refractivity contribution in [2.45, 2.75) is 26.3 Å². The van der Waals surface area contributed by atoms with E-state index in [1.165, 1.54) is 0 Å². The van der Waals surface area contributed by atoms with E-state index in [1.807, 2.05) is 38.1 Å². The van der Waals surface area contributed by atoms with Gasteiger partial charge in [0, 0.05) is 11.6 Å². The predicted molar refractivity (Wildman–Crippen MR) is 81.6 cm³/mol. The van der Waals surface area contributed by atoms with Gasteiger partial charge in [-0.2, -0.15) is 0 Å². The molecule has 2 aromatic rings. The van der Waals surface area contributed by atoms with Gasteiger partial charge in [-0.25, -0.2) is 0 Å². The van der Waals surface area contributed by atoms with Crippen molar-refractivity contribution in [3.05, 3.63) is 42.1 Å². The van der Waals surface area contributed by atoms with Crippen molar-refractivity contribution in [3.63, 3.8) is 0 Å². The summed E-state index contributed by atoms with van der Waals surface area (Å²) in [5.74, 6) is -0.840. The molecule has 0 saturated heterocycles. The van der Waals surface area contributed by atoms with E-state index in [4.69, 9.17) is 5.73 Å². The molecule has 0 aliphatic heterocycles. The largest absolute Gasteiger partial charge is 0.368 e. The standard InChI is InChI=1S/C16H19N3O2/c1-3-10(2)14(15(17)20)19-16(21)12-8-9-18-13-7-5-4-6-11(12)13/h4-10,14H,3H2,1-2H3,(H2,17,20)(H,19,21)/t10-,14-/m0/s1. The summed E-state index contributed by atoms with van der Waals surface area (Å²) >= 11 is 0. The number of nitrogens with zero attached hydrogens (tertiary/aromatic N) is 1. The number of benzene rings is 1. The van der Waals surface area contributed by atoms with Crippen LogP contribution in [0.15, 0.2) is 36.5 Å². The molecule has 2 atom stereocenters. The van der Waals surface area contributed by atoms with Crippen molar-refractivity contribution >= 4 is 22.7 Å². The summed E-state index contributed by atoms with van der Waals surface area (Å²) in [6.07, 6.45) is 2.34. The molecule has 1 aromatic heterocycles. The van der Waals surface area contributed by atoms with Gasteiger partial charge in [0.15, 0.2) is 0 Å². The fraction of sp³-hybridized carbons (Fsp3) is 0.312. The number of aromatic nitrogens is 1. The first-order valence-corrected chi connectivity index (χ1v) is 6.98. The smallest absolute Gasteiger partial charge is 0.252 e. The van der Waals surface area contributed by atoms with Crippen LogP contribution in [-0.2, 0) is 4.79 Å². The fourth-order valence-corrected chi connectivity index (χ4v) is 2.24. The van der Waals surface area contributed by atoms with Crippen LogP contribution in [-0.4, -0.2) is 22.8 Å². The van der Waals surface area contributed by atoms with E-state index >= 15 is 0 Å². The monoisotopic (exact) mass is 285 g/mol. The second kappa shape index (κ2) is 6.35. The van der Waals surface area contributed by atoms with E-state index in [1.54, 1.807) is 12.3 Å². The van der Waals surface area contributed by atoms with Crippen molar-refractivity contribution in [1.82, 2.24) is 10.3 Å². The minimum atomic E-state index is -0.672. The van der Waals surface area contributed by atoms with E-state index in [-0.39, 0.29) is 11.8 Å². The molecule has 2 rings (SSSR count). The van der Waals surface area contributed by atoms with E-state index in [2.05, 4.69) is 10.3 Å². The second-order valence-electron chi connectivity index (χ2n) is 5.11. The van der Waals surface area contributed by atoms with E-state index in [0.29, 0.717) is 5.56 Å². The zero-order chi connectivity index (χ0) is 15.4. The minimum absolute atomic E-state index is 0.0143. The van der Waals surface area contributed by atoms with Gasteiger partial charge in [-0.05, 0) is 18.1 Å². The third kappa shape index (κ3) is 3.18. The van der Waals surface area contributed by atoms with Crippen LogP contribution in [0.4, 0.5) is 0 Å². The number of carbonyl (C=O) groups excluding carboxylic acids is 2. The summed E-state index contributed by atoms with van der Waals surface area (Å²) in [6, 6.07) is 8.36. The fourth-order valence-electron chi connectivity index (χ4n) is 2.24. The van der Waals surface area contributed by atoms with Crippen LogP contribution in [0.5, 0.6) is 0 Å². The summed E-state index contributed by atoms with van der Waals surface area (Å²) in [6.45, 7) is 3.84. The topological polar surface area (TPSA) is 85.1 Å². The molecule has 0 fully saturated rings. The van der Waals surface area contributed by atoms with Crippen molar-refractivity contribution < 1.29 is 9.59 Å². The number of para-hydroxylation sites is 1. The van der Waals surface area contributed by atoms with E-state index in [0.717, 1.165) is 17.3 Å². The molecule has 3 N–H and O–H groups in total. The maximum absolute atomic E-state index is 12.4. The zero-order valence-corrected chi connectivity index (χ0v) is 12.2. The SMILES string of the molecule is CC[C@H](C)[C@H](NC(=O)c1ccnc2ccccc12)C(N)=O. The summed E-state index contributed by atoms with van der Waals surface area (Å²) in [4.78, 5) is 28.2. The molecule has 0 bridgehead atoms. The van der Waals surface area contributed by atoms with Crippen molar-refractivity contribution in [2.75, 3.05) is 0 Å². The number of pyridine rings is 1. The predicted octanol–water partition coefficient (Wildman–Crippen LogP) is 1.86. The van der Waals surface area contributed by atoms with Crippen LogP contribution < -0.4 is 11.1 Å². The highest BCUT2D eigenvalue weighted by atomic mass is 16.2. The van der Waals surface area contributed by atoms with Crippen molar-refractivity contribution in [2.24, 2.45) is 11.7 Å². The van der Waals surface area contributed by atoms with Gasteiger partial charge in [0.2, 0.25) is 5.91 Å². The molecule has 1 aromatic carbocycles. The molecule has 0 spiro atoms. The number of fused-ring (bicyclic) bond motifs is 1. The van der Waals surface area contributed by atoms with Crippen molar-refractivity contribution in [3.8, 4) is 0 Å². The van der Waals surface area contributed by atoms with E-state index < -0.39 is 11.9 Å². The molecule has 0 unspecified atom stereocenters. The summed E-state index contributed by atoms with van der Waals surface area (Å²) in [5, 5.41) is 3.49. The van der Waals surface area contributed by atoms with Gasteiger partial charge in [0.05, 0.1) is 11.1 Å². The molecule has 110 valence electrons. The minimum Gasteiger partial charge on any atom is -0.368 e. The van der Waals surface area contributed by atoms with Gasteiger partial charge in [-0.3, -0.25) is 14.6 Å². The van der Waals surface area contributed by atoms with Gasteiger partial charge in [0.25, 0.3) is 5.91 Å². The molecule has 1 heterocycles. The van der Waals surface area contributed by atoms with Gasteiger partial charge in [-0.15, -0.1) is 0 Å². The van der Waals surface area contributed by atoms with Gasteiger partial charge in [0.1, 0.15) is 6.04 Å². The summed E-state index contributed by atoms with van der Waals surface area (Å²) in [5.41, 5.74) is 6.62. The number of nitrogens with one attached hydrogen (secondary N) is 1. The molecule has 5 nitrogen and oxygen atoms in total. The van der Waals surface area contributed by atoms with Crippen LogP contribution in [0, 0.1) is 5.92 Å². The van der Waals surface area contributed by atoms with Gasteiger partial charge >= 0.3 is 0 Å². The van der Waals surface area contributed by atoms with E-state index in [9.17, 15) is 9.59 Å². The number of primary amides is 1. The molecular formula is C16H19N3O2. The molecule has 0 saturated carbocycles. The lowest BCUT2D eigenvalue weighted by molar-refractivity contribution is -0.120. The normalized spacial score (nSPS) is 13.6. The van der Waals surface area contributed by atoms with Gasteiger partial charge < -0.3 is 11.1 Å². The Kier molecular flexibility index (Phi) is 4.52. The van der Waals surface area contributed by atoms with Crippen LogP contribution in [0.3, 0.4) is 0 Å². The Bertz CT molecular complexity index is 664. The Hall–Kier alpha value is -2.43. The lowest BCUT2D eigenvalue weighted by Gasteiger charge is -2.21. The molecular weight excluding hydrogens is 266 g/mol. The zero-order valence-electron chi connectivity index (χ0n) is 12.2. The Morgan fingerprint density at radius 1 is 1.29 bits per heavy atom. The van der Waals surface area contributed by atoms with Crippen LogP contribution in [0.2, 0.25) is 0 Å². The first-order valence-electron chi connectivity index (χ1n) is 6.98. The lowest BCUT2D eigenvalue weighted by atomic mass is 9.98. The molecule has 0 aliphatic rings. The highest BCUT2D eigenvalue weighted by Crippen LogP contribution is 2.17. The Morgan fingerprint density at radius 3 is 2.67 bits per heavy atom. The number of hydrogen-bond donors (Lipinski definition) is 2. The number of carbonyl (C=O) groups is 2. The van der Waals surface area contributed by atoms with Crippen molar-refractivity contribution in [1.29, 1.82) is 0 Å². The third-order valence-electron chi connectivity index (χ3n) is 3.70. The van der Waals surface area contributed by atoms with Crippen LogP contribution in [0.1, 0.15) is 30.6 Å². The second-order valence-corrected chi connectivity index (χ2v) is 5.11. The number of rotatable bonds is 5. The summed E-state index contributed by atoms with van der Waals surface area (Å²) < 4.78 is 0. The quantitative estimate of drug-likeness (QED) is 0.879. The first kappa shape index (κ1) is 15.0. The maximum Gasteiger partial charge on any atom is 0.252 e. The molecule has 21 heavy (non-hydrogen) atoms. The Labute approximate surface area is 123 Å². The van der Waals surface area contributed by atoms with Gasteiger partial charge in [-0.1, -0.05) is 38.5 Å². The first-order chi connectivity index (χ1) is 10.0. The van der Waals surface area contributed by atoms with Crippen LogP contribution >= 0.6 is 0 Å². The summed E-state index contributed by atoms with van der Waals surface area (Å²) in [7, 11) is 0. The third-order valence-corrected chi connectivity index (χ3v) is 3.70. The highest BCUT2D eigenvalue weighted by molar-refractivity contribution is 6.07. The van der Waals surface area contributed by atoms with Crippen LogP contribution in [0.25, 0.3) is 10.9 Å². The Balaban J connectivity index is 2.32. The highest BCUT2D eigenvalue weighted by Gasteiger charge is 2.24. The molecule has 0 radical (unpaired) electrons. The Morgan fingerprint density at radius 2 is 2.00 bits per heavy atom. The molecule has 5 heteroatoms. The average molecular weight is 285 g/mol. The average Bonchev–Trinajstić information content (AvgIpc) is 2.50. The number of nitrogens with two attached hydrogens (primary N) is 1.